The molecule has 0 unspecified atom stereocenters. The van der Waals surface area contributed by atoms with Gasteiger partial charge in [-0.1, -0.05) is 12.1 Å². The number of benzene rings is 2. The van der Waals surface area contributed by atoms with E-state index >= 15 is 0 Å². The van der Waals surface area contributed by atoms with Gasteiger partial charge >= 0.3 is 0 Å². The Kier molecular flexibility index (Phi) is 3.70. The van der Waals surface area contributed by atoms with Crippen molar-refractivity contribution >= 4 is 6.29 Å². The lowest BCUT2D eigenvalue weighted by molar-refractivity contribution is 0.112. The van der Waals surface area contributed by atoms with Gasteiger partial charge in [0.25, 0.3) is 0 Å². The molecule has 0 fully saturated rings. The Balaban J connectivity index is 2.08. The number of nitrogens with zero attached hydrogens (tertiary/aromatic N) is 2. The van der Waals surface area contributed by atoms with Crippen LogP contribution in [0.1, 0.15) is 10.4 Å². The van der Waals surface area contributed by atoms with Crippen LogP contribution in [0.2, 0.25) is 0 Å². The van der Waals surface area contributed by atoms with Crippen LogP contribution in [0, 0.1) is 5.82 Å². The molecule has 0 saturated heterocycles. The predicted molar refractivity (Wildman–Crippen MR) is 80.9 cm³/mol. The molecular weight excluding hydrogens is 283 g/mol. The largest absolute Gasteiger partial charge is 0.497 e. The molecule has 0 bridgehead atoms. The fourth-order valence-electron chi connectivity index (χ4n) is 2.21. The van der Waals surface area contributed by atoms with E-state index in [-0.39, 0.29) is 0 Å². The Morgan fingerprint density at radius 3 is 2.50 bits per heavy atom. The molecule has 0 saturated carbocycles. The zero-order valence-electron chi connectivity index (χ0n) is 11.9. The Bertz CT molecular complexity index is 810. The first kappa shape index (κ1) is 14.0. The topological polar surface area (TPSA) is 44.1 Å². The van der Waals surface area contributed by atoms with Gasteiger partial charge in [0.1, 0.15) is 22.9 Å². The molecule has 0 radical (unpaired) electrons. The second-order valence-electron chi connectivity index (χ2n) is 4.68. The summed E-state index contributed by atoms with van der Waals surface area (Å²) in [5, 5.41) is 4.34. The molecule has 5 heteroatoms. The molecule has 0 amide bonds. The second-order valence-corrected chi connectivity index (χ2v) is 4.68. The zero-order valence-corrected chi connectivity index (χ0v) is 11.9. The number of para-hydroxylation sites is 1. The number of aldehydes is 1. The summed E-state index contributed by atoms with van der Waals surface area (Å²) in [7, 11) is 1.58. The Labute approximate surface area is 126 Å². The summed E-state index contributed by atoms with van der Waals surface area (Å²) in [6, 6.07) is 13.5. The molecule has 1 heterocycles. The summed E-state index contributed by atoms with van der Waals surface area (Å²) in [5.74, 6) is 0.314. The number of carbonyl (C=O) groups is 1. The predicted octanol–water partition coefficient (Wildman–Crippen LogP) is 3.50. The van der Waals surface area contributed by atoms with Crippen molar-refractivity contribution in [2.75, 3.05) is 7.11 Å². The number of methoxy groups -OCH3 is 1. The number of halogens is 1. The van der Waals surface area contributed by atoms with Gasteiger partial charge in [-0.15, -0.1) is 0 Å². The van der Waals surface area contributed by atoms with E-state index in [1.165, 1.54) is 16.9 Å². The summed E-state index contributed by atoms with van der Waals surface area (Å²) in [6.07, 6.45) is 2.23. The number of hydrogen-bond acceptors (Lipinski definition) is 3. The summed E-state index contributed by atoms with van der Waals surface area (Å²) in [6.45, 7) is 0. The molecule has 0 aliphatic carbocycles. The number of aromatic nitrogens is 2. The lowest BCUT2D eigenvalue weighted by atomic mass is 10.1. The summed E-state index contributed by atoms with van der Waals surface area (Å²) < 4.78 is 20.3. The summed E-state index contributed by atoms with van der Waals surface area (Å²) >= 11 is 0. The van der Waals surface area contributed by atoms with Crippen LogP contribution in [0.3, 0.4) is 0 Å². The highest BCUT2D eigenvalue weighted by molar-refractivity contribution is 5.85. The normalized spacial score (nSPS) is 10.5. The van der Waals surface area contributed by atoms with Gasteiger partial charge in [0.15, 0.2) is 6.29 Å². The van der Waals surface area contributed by atoms with E-state index in [1.807, 2.05) is 0 Å². The van der Waals surface area contributed by atoms with Crippen molar-refractivity contribution in [2.45, 2.75) is 0 Å². The molecule has 110 valence electrons. The van der Waals surface area contributed by atoms with Crippen LogP contribution in [0.4, 0.5) is 4.39 Å². The monoisotopic (exact) mass is 296 g/mol. The van der Waals surface area contributed by atoms with Crippen LogP contribution < -0.4 is 4.74 Å². The minimum absolute atomic E-state index is 0.297. The highest BCUT2D eigenvalue weighted by Crippen LogP contribution is 2.25. The molecule has 4 nitrogen and oxygen atoms in total. The van der Waals surface area contributed by atoms with Gasteiger partial charge in [0.2, 0.25) is 0 Å². The van der Waals surface area contributed by atoms with E-state index < -0.39 is 5.82 Å². The van der Waals surface area contributed by atoms with Crippen LogP contribution in [-0.2, 0) is 0 Å². The fraction of sp³-hybridized carbons (Fsp3) is 0.0588. The molecule has 2 aromatic carbocycles. The Morgan fingerprint density at radius 2 is 1.86 bits per heavy atom. The SMILES string of the molecule is COc1ccc(-c2nn(-c3ccccc3F)cc2C=O)cc1. The number of carbonyl (C=O) groups excluding carboxylic acids is 1. The van der Waals surface area contributed by atoms with Gasteiger partial charge in [-0.3, -0.25) is 4.79 Å². The molecule has 0 aliphatic rings. The van der Waals surface area contributed by atoms with Gasteiger partial charge in [-0.25, -0.2) is 9.07 Å². The van der Waals surface area contributed by atoms with Crippen LogP contribution in [-0.4, -0.2) is 23.2 Å². The first-order chi connectivity index (χ1) is 10.7. The van der Waals surface area contributed by atoms with Gasteiger partial charge in [-0.05, 0) is 36.4 Å². The van der Waals surface area contributed by atoms with E-state index in [9.17, 15) is 9.18 Å². The standard InChI is InChI=1S/C17H13FN2O2/c1-22-14-8-6-12(7-9-14)17-13(11-21)10-20(19-17)16-5-3-2-4-15(16)18/h2-11H,1H3. The molecular formula is C17H13FN2O2. The molecule has 0 spiro atoms. The maximum atomic E-state index is 13.9. The van der Waals surface area contributed by atoms with Crippen molar-refractivity contribution in [3.63, 3.8) is 0 Å². The summed E-state index contributed by atoms with van der Waals surface area (Å²) in [5.41, 5.74) is 1.96. The maximum Gasteiger partial charge on any atom is 0.153 e. The van der Waals surface area contributed by atoms with Crippen molar-refractivity contribution in [1.29, 1.82) is 0 Å². The maximum absolute atomic E-state index is 13.9. The van der Waals surface area contributed by atoms with Crippen molar-refractivity contribution in [1.82, 2.24) is 9.78 Å². The molecule has 0 atom stereocenters. The van der Waals surface area contributed by atoms with E-state index in [4.69, 9.17) is 4.74 Å². The lowest BCUT2D eigenvalue weighted by Gasteiger charge is -2.03. The molecule has 1 aromatic heterocycles. The van der Waals surface area contributed by atoms with E-state index in [1.54, 1.807) is 49.6 Å². The van der Waals surface area contributed by atoms with Crippen molar-refractivity contribution in [3.05, 3.63) is 66.1 Å². The Hall–Kier alpha value is -2.95. The van der Waals surface area contributed by atoms with Crippen molar-refractivity contribution < 1.29 is 13.9 Å². The average Bonchev–Trinajstić information content (AvgIpc) is 2.99. The van der Waals surface area contributed by atoms with E-state index in [0.29, 0.717) is 29.0 Å². The smallest absolute Gasteiger partial charge is 0.153 e. The fourth-order valence-corrected chi connectivity index (χ4v) is 2.21. The first-order valence-electron chi connectivity index (χ1n) is 6.67. The van der Waals surface area contributed by atoms with Gasteiger partial charge < -0.3 is 4.74 Å². The van der Waals surface area contributed by atoms with Gasteiger partial charge in [-0.2, -0.15) is 5.10 Å². The number of ether oxygens (including phenoxy) is 1. The lowest BCUT2D eigenvalue weighted by Crippen LogP contribution is -1.98. The minimum Gasteiger partial charge on any atom is -0.497 e. The second kappa shape index (κ2) is 5.81. The minimum atomic E-state index is -0.399. The highest BCUT2D eigenvalue weighted by atomic mass is 19.1. The van der Waals surface area contributed by atoms with Crippen LogP contribution in [0.5, 0.6) is 5.75 Å². The molecule has 0 aliphatic heterocycles. The first-order valence-corrected chi connectivity index (χ1v) is 6.67. The van der Waals surface area contributed by atoms with Crippen molar-refractivity contribution in [3.8, 4) is 22.7 Å². The van der Waals surface area contributed by atoms with Gasteiger partial charge in [0, 0.05) is 11.8 Å². The quantitative estimate of drug-likeness (QED) is 0.692. The highest BCUT2D eigenvalue weighted by Gasteiger charge is 2.13. The third-order valence-corrected chi connectivity index (χ3v) is 3.33. The Morgan fingerprint density at radius 1 is 1.14 bits per heavy atom. The third kappa shape index (κ3) is 2.48. The zero-order chi connectivity index (χ0) is 15.5. The molecule has 3 aromatic rings. The van der Waals surface area contributed by atoms with Crippen LogP contribution >= 0.6 is 0 Å². The number of hydrogen-bond donors (Lipinski definition) is 0. The van der Waals surface area contributed by atoms with Gasteiger partial charge in [0.05, 0.1) is 12.7 Å². The molecule has 3 rings (SSSR count). The van der Waals surface area contributed by atoms with Crippen molar-refractivity contribution in [2.24, 2.45) is 0 Å². The number of rotatable bonds is 4. The van der Waals surface area contributed by atoms with E-state index in [2.05, 4.69) is 5.10 Å². The van der Waals surface area contributed by atoms with Crippen LogP contribution in [0.15, 0.2) is 54.7 Å². The van der Waals surface area contributed by atoms with E-state index in [0.717, 1.165) is 5.56 Å². The molecule has 0 N–H and O–H groups in total. The molecule has 22 heavy (non-hydrogen) atoms. The van der Waals surface area contributed by atoms with Crippen LogP contribution in [0.25, 0.3) is 16.9 Å². The summed E-state index contributed by atoms with van der Waals surface area (Å²) in [4.78, 5) is 11.3. The average molecular weight is 296 g/mol. The third-order valence-electron chi connectivity index (χ3n) is 3.33.